The van der Waals surface area contributed by atoms with Crippen LogP contribution in [0.1, 0.15) is 53.9 Å². The number of hydrogen-bond donors (Lipinski definition) is 2. The molecule has 6 heteroatoms. The van der Waals surface area contributed by atoms with Gasteiger partial charge in [-0.15, -0.1) is 0 Å². The molecule has 0 heterocycles. The maximum atomic E-state index is 12.0. The van der Waals surface area contributed by atoms with Gasteiger partial charge in [-0.1, -0.05) is 13.8 Å². The Hall–Kier alpha value is -1.14. The van der Waals surface area contributed by atoms with Crippen LogP contribution < -0.4 is 10.6 Å². The van der Waals surface area contributed by atoms with Crippen molar-refractivity contribution in [1.29, 1.82) is 0 Å². The van der Waals surface area contributed by atoms with E-state index in [4.69, 9.17) is 9.47 Å². The minimum atomic E-state index is -0.460. The van der Waals surface area contributed by atoms with E-state index in [0.29, 0.717) is 51.7 Å². The normalized spacial score (nSPS) is 13.7. The minimum absolute atomic E-state index is 0.0508. The molecule has 23 heavy (non-hydrogen) atoms. The van der Waals surface area contributed by atoms with Crippen molar-refractivity contribution in [2.45, 2.75) is 59.4 Å². The number of ether oxygens (including phenoxy) is 2. The lowest BCUT2D eigenvalue weighted by atomic mass is 9.90. The fourth-order valence-corrected chi connectivity index (χ4v) is 2.47. The highest BCUT2D eigenvalue weighted by Crippen LogP contribution is 2.16. The quantitative estimate of drug-likeness (QED) is 0.506. The Kier molecular flexibility index (Phi) is 11.7. The van der Waals surface area contributed by atoms with E-state index in [2.05, 4.69) is 24.5 Å². The van der Waals surface area contributed by atoms with Crippen molar-refractivity contribution < 1.29 is 19.1 Å². The van der Waals surface area contributed by atoms with E-state index in [1.165, 1.54) is 0 Å². The minimum Gasteiger partial charge on any atom is -0.381 e. The zero-order valence-electron chi connectivity index (χ0n) is 15.4. The van der Waals surface area contributed by atoms with Crippen LogP contribution in [-0.2, 0) is 19.1 Å². The first-order chi connectivity index (χ1) is 10.8. The summed E-state index contributed by atoms with van der Waals surface area (Å²) in [5, 5.41) is 5.94. The Morgan fingerprint density at radius 2 is 1.52 bits per heavy atom. The third-order valence-corrected chi connectivity index (χ3v) is 3.33. The first kappa shape index (κ1) is 21.9. The summed E-state index contributed by atoms with van der Waals surface area (Å²) in [4.78, 5) is 23.9. The van der Waals surface area contributed by atoms with Gasteiger partial charge in [0.25, 0.3) is 0 Å². The van der Waals surface area contributed by atoms with Gasteiger partial charge in [-0.3, -0.25) is 9.59 Å². The molecular weight excluding hydrogens is 296 g/mol. The van der Waals surface area contributed by atoms with Gasteiger partial charge >= 0.3 is 0 Å². The Labute approximate surface area is 140 Å². The Balaban J connectivity index is 4.40. The fraction of sp³-hybridized carbons (Fsp3) is 0.882. The molecule has 0 radical (unpaired) electrons. The lowest BCUT2D eigenvalue weighted by Crippen LogP contribution is -2.54. The lowest BCUT2D eigenvalue weighted by molar-refractivity contribution is -0.126. The molecule has 1 atom stereocenters. The standard InChI is InChI=1S/C17H34N2O4/c1-6-22-10-8-15(20)18-13-17(5,12-14(3)4)19-16(21)9-11-23-7-2/h14H,6-13H2,1-5H3,(H,18,20)(H,19,21). The van der Waals surface area contributed by atoms with Crippen molar-refractivity contribution in [2.75, 3.05) is 33.0 Å². The van der Waals surface area contributed by atoms with Crippen LogP contribution in [0.4, 0.5) is 0 Å². The summed E-state index contributed by atoms with van der Waals surface area (Å²) >= 11 is 0. The second kappa shape index (κ2) is 12.3. The Morgan fingerprint density at radius 1 is 1.00 bits per heavy atom. The van der Waals surface area contributed by atoms with Crippen molar-refractivity contribution in [3.63, 3.8) is 0 Å². The molecule has 136 valence electrons. The van der Waals surface area contributed by atoms with Gasteiger partial charge in [0.05, 0.1) is 18.8 Å². The van der Waals surface area contributed by atoms with Gasteiger partial charge in [-0.25, -0.2) is 0 Å². The highest BCUT2D eigenvalue weighted by molar-refractivity contribution is 5.78. The van der Waals surface area contributed by atoms with Gasteiger partial charge in [0.1, 0.15) is 0 Å². The Bertz CT molecular complexity index is 347. The molecule has 0 spiro atoms. The summed E-state index contributed by atoms with van der Waals surface area (Å²) in [7, 11) is 0. The van der Waals surface area contributed by atoms with Crippen LogP contribution in [0.25, 0.3) is 0 Å². The van der Waals surface area contributed by atoms with Crippen molar-refractivity contribution in [1.82, 2.24) is 10.6 Å². The number of hydrogen-bond acceptors (Lipinski definition) is 4. The molecule has 0 rings (SSSR count). The topological polar surface area (TPSA) is 76.7 Å². The largest absolute Gasteiger partial charge is 0.381 e. The van der Waals surface area contributed by atoms with Crippen LogP contribution in [-0.4, -0.2) is 50.3 Å². The van der Waals surface area contributed by atoms with E-state index in [9.17, 15) is 9.59 Å². The molecule has 0 aliphatic carbocycles. The highest BCUT2D eigenvalue weighted by atomic mass is 16.5. The third kappa shape index (κ3) is 12.0. The van der Waals surface area contributed by atoms with E-state index in [1.807, 2.05) is 20.8 Å². The third-order valence-electron chi connectivity index (χ3n) is 3.33. The van der Waals surface area contributed by atoms with Gasteiger partial charge in [-0.2, -0.15) is 0 Å². The second-order valence-electron chi connectivity index (χ2n) is 6.38. The van der Waals surface area contributed by atoms with Crippen molar-refractivity contribution in [3.05, 3.63) is 0 Å². The van der Waals surface area contributed by atoms with Gasteiger partial charge in [0.2, 0.25) is 11.8 Å². The predicted octanol–water partition coefficient (Wildman–Crippen LogP) is 1.88. The van der Waals surface area contributed by atoms with Gasteiger partial charge < -0.3 is 20.1 Å². The van der Waals surface area contributed by atoms with Gasteiger partial charge in [-0.05, 0) is 33.1 Å². The number of carbonyl (C=O) groups is 2. The molecule has 0 bridgehead atoms. The fourth-order valence-electron chi connectivity index (χ4n) is 2.47. The number of amides is 2. The molecule has 0 aromatic rings. The number of rotatable bonds is 13. The van der Waals surface area contributed by atoms with Crippen molar-refractivity contribution in [2.24, 2.45) is 5.92 Å². The zero-order valence-corrected chi connectivity index (χ0v) is 15.4. The average molecular weight is 330 g/mol. The molecule has 0 aliphatic heterocycles. The van der Waals surface area contributed by atoms with Crippen LogP contribution in [0.5, 0.6) is 0 Å². The molecule has 0 aliphatic rings. The number of carbonyl (C=O) groups excluding carboxylic acids is 2. The average Bonchev–Trinajstić information content (AvgIpc) is 2.45. The molecule has 0 aromatic carbocycles. The summed E-state index contributed by atoms with van der Waals surface area (Å²) in [6.45, 7) is 12.4. The summed E-state index contributed by atoms with van der Waals surface area (Å²) in [6.07, 6.45) is 1.46. The first-order valence-electron chi connectivity index (χ1n) is 8.56. The molecule has 0 saturated heterocycles. The van der Waals surface area contributed by atoms with Crippen LogP contribution in [0.15, 0.2) is 0 Å². The molecule has 0 aromatic heterocycles. The maximum absolute atomic E-state index is 12.0. The van der Waals surface area contributed by atoms with E-state index in [-0.39, 0.29) is 11.8 Å². The van der Waals surface area contributed by atoms with Gasteiger partial charge in [0, 0.05) is 32.6 Å². The summed E-state index contributed by atoms with van der Waals surface area (Å²) in [5.74, 6) is 0.301. The SMILES string of the molecule is CCOCCC(=O)NCC(C)(CC(C)C)NC(=O)CCOCC. The smallest absolute Gasteiger partial charge is 0.222 e. The highest BCUT2D eigenvalue weighted by Gasteiger charge is 2.27. The monoisotopic (exact) mass is 330 g/mol. The lowest BCUT2D eigenvalue weighted by Gasteiger charge is -2.33. The van der Waals surface area contributed by atoms with Crippen LogP contribution in [0.3, 0.4) is 0 Å². The molecule has 0 fully saturated rings. The molecule has 6 nitrogen and oxygen atoms in total. The molecular formula is C17H34N2O4. The van der Waals surface area contributed by atoms with E-state index in [1.54, 1.807) is 0 Å². The Morgan fingerprint density at radius 3 is 2.00 bits per heavy atom. The van der Waals surface area contributed by atoms with E-state index >= 15 is 0 Å². The van der Waals surface area contributed by atoms with Crippen molar-refractivity contribution >= 4 is 11.8 Å². The predicted molar refractivity (Wildman–Crippen MR) is 91.2 cm³/mol. The first-order valence-corrected chi connectivity index (χ1v) is 8.56. The van der Waals surface area contributed by atoms with Crippen LogP contribution in [0.2, 0.25) is 0 Å². The molecule has 1 unspecified atom stereocenters. The maximum Gasteiger partial charge on any atom is 0.222 e. The summed E-state index contributed by atoms with van der Waals surface area (Å²) in [6, 6.07) is 0. The van der Waals surface area contributed by atoms with Crippen molar-refractivity contribution in [3.8, 4) is 0 Å². The molecule has 2 N–H and O–H groups in total. The van der Waals surface area contributed by atoms with E-state index in [0.717, 1.165) is 6.42 Å². The van der Waals surface area contributed by atoms with E-state index < -0.39 is 5.54 Å². The zero-order chi connectivity index (χ0) is 17.7. The summed E-state index contributed by atoms with van der Waals surface area (Å²) < 4.78 is 10.4. The van der Waals surface area contributed by atoms with Crippen LogP contribution >= 0.6 is 0 Å². The second-order valence-corrected chi connectivity index (χ2v) is 6.38. The van der Waals surface area contributed by atoms with Crippen LogP contribution in [0, 0.1) is 5.92 Å². The molecule has 2 amide bonds. The number of nitrogens with one attached hydrogen (secondary N) is 2. The summed E-state index contributed by atoms with van der Waals surface area (Å²) in [5.41, 5.74) is -0.460. The van der Waals surface area contributed by atoms with Gasteiger partial charge in [0.15, 0.2) is 0 Å². The molecule has 0 saturated carbocycles.